The number of benzene rings is 1. The molecule has 0 bridgehead atoms. The zero-order chi connectivity index (χ0) is 14.5. The summed E-state index contributed by atoms with van der Waals surface area (Å²) in [4.78, 5) is 4.07. The fourth-order valence-corrected chi connectivity index (χ4v) is 2.32. The van der Waals surface area contributed by atoms with Crippen LogP contribution in [0.5, 0.6) is 0 Å². The van der Waals surface area contributed by atoms with Crippen molar-refractivity contribution in [3.8, 4) is 0 Å². The van der Waals surface area contributed by atoms with E-state index in [1.807, 2.05) is 19.9 Å². The van der Waals surface area contributed by atoms with Gasteiger partial charge in [0.05, 0.1) is 0 Å². The van der Waals surface area contributed by atoms with Crippen molar-refractivity contribution in [2.24, 2.45) is 0 Å². The first-order valence-corrected chi connectivity index (χ1v) is 6.69. The predicted molar refractivity (Wildman–Crippen MR) is 75.5 cm³/mol. The second-order valence-electron chi connectivity index (χ2n) is 4.78. The van der Waals surface area contributed by atoms with Crippen LogP contribution < -0.4 is 5.32 Å². The Morgan fingerprint density at radius 2 is 2.05 bits per heavy atom. The fraction of sp³-hybridized carbons (Fsp3) is 0.312. The maximum absolute atomic E-state index is 13.8. The number of aryl methyl sites for hydroxylation is 1. The molecule has 4 heteroatoms. The first-order valence-electron chi connectivity index (χ1n) is 6.69. The molecule has 1 atom stereocenters. The first-order chi connectivity index (χ1) is 9.61. The van der Waals surface area contributed by atoms with E-state index in [9.17, 15) is 8.78 Å². The monoisotopic (exact) mass is 276 g/mol. The maximum atomic E-state index is 13.8. The lowest BCUT2D eigenvalue weighted by Crippen LogP contribution is -2.24. The SMILES string of the molecule is CCNC(Cc1ccc(F)cc1F)c1ccncc1C. The van der Waals surface area contributed by atoms with E-state index in [0.717, 1.165) is 23.7 Å². The highest BCUT2D eigenvalue weighted by atomic mass is 19.1. The van der Waals surface area contributed by atoms with E-state index in [1.54, 1.807) is 12.4 Å². The molecule has 1 unspecified atom stereocenters. The third-order valence-corrected chi connectivity index (χ3v) is 3.33. The number of hydrogen-bond donors (Lipinski definition) is 1. The smallest absolute Gasteiger partial charge is 0.129 e. The summed E-state index contributed by atoms with van der Waals surface area (Å²) < 4.78 is 26.7. The van der Waals surface area contributed by atoms with Crippen LogP contribution in [0.15, 0.2) is 36.7 Å². The van der Waals surface area contributed by atoms with Gasteiger partial charge in [0.2, 0.25) is 0 Å². The Balaban J connectivity index is 2.28. The van der Waals surface area contributed by atoms with Crippen LogP contribution in [0.1, 0.15) is 29.7 Å². The van der Waals surface area contributed by atoms with Crippen molar-refractivity contribution in [3.05, 3.63) is 65.0 Å². The van der Waals surface area contributed by atoms with Gasteiger partial charge in [-0.3, -0.25) is 4.98 Å². The minimum absolute atomic E-state index is 0.0111. The zero-order valence-corrected chi connectivity index (χ0v) is 11.7. The van der Waals surface area contributed by atoms with Crippen molar-refractivity contribution >= 4 is 0 Å². The number of nitrogens with zero attached hydrogens (tertiary/aromatic N) is 1. The molecule has 2 rings (SSSR count). The summed E-state index contributed by atoms with van der Waals surface area (Å²) in [6, 6.07) is 5.65. The Bertz CT molecular complexity index is 584. The van der Waals surface area contributed by atoms with Crippen LogP contribution in [-0.2, 0) is 6.42 Å². The molecule has 1 aromatic heterocycles. The molecule has 2 nitrogen and oxygen atoms in total. The average molecular weight is 276 g/mol. The number of aromatic nitrogens is 1. The molecule has 106 valence electrons. The number of pyridine rings is 1. The molecule has 0 aliphatic rings. The number of hydrogen-bond acceptors (Lipinski definition) is 2. The summed E-state index contributed by atoms with van der Waals surface area (Å²) in [6.07, 6.45) is 4.00. The van der Waals surface area contributed by atoms with Crippen molar-refractivity contribution in [2.75, 3.05) is 6.54 Å². The Hall–Kier alpha value is -1.81. The summed E-state index contributed by atoms with van der Waals surface area (Å²) in [6.45, 7) is 4.76. The summed E-state index contributed by atoms with van der Waals surface area (Å²) in [5.74, 6) is -1.05. The lowest BCUT2D eigenvalue weighted by atomic mass is 9.96. The van der Waals surface area contributed by atoms with Crippen LogP contribution in [0.2, 0.25) is 0 Å². The van der Waals surface area contributed by atoms with Gasteiger partial charge in [-0.15, -0.1) is 0 Å². The molecule has 0 spiro atoms. The van der Waals surface area contributed by atoms with Crippen molar-refractivity contribution in [1.82, 2.24) is 10.3 Å². The van der Waals surface area contributed by atoms with Crippen LogP contribution in [0.4, 0.5) is 8.78 Å². The Morgan fingerprint density at radius 1 is 1.25 bits per heavy atom. The summed E-state index contributed by atoms with van der Waals surface area (Å²) >= 11 is 0. The van der Waals surface area contributed by atoms with Gasteiger partial charge in [-0.1, -0.05) is 13.0 Å². The number of halogens is 2. The number of likely N-dealkylation sites (N-methyl/N-ethyl adjacent to an activating group) is 1. The Morgan fingerprint density at radius 3 is 2.70 bits per heavy atom. The molecule has 0 aliphatic heterocycles. The molecule has 0 fully saturated rings. The topological polar surface area (TPSA) is 24.9 Å². The number of nitrogens with one attached hydrogen (secondary N) is 1. The minimum atomic E-state index is -0.550. The van der Waals surface area contributed by atoms with Gasteiger partial charge in [-0.2, -0.15) is 0 Å². The van der Waals surface area contributed by atoms with Crippen LogP contribution >= 0.6 is 0 Å². The zero-order valence-electron chi connectivity index (χ0n) is 11.7. The number of rotatable bonds is 5. The van der Waals surface area contributed by atoms with Crippen molar-refractivity contribution in [1.29, 1.82) is 0 Å². The highest BCUT2D eigenvalue weighted by Gasteiger charge is 2.15. The van der Waals surface area contributed by atoms with Crippen molar-refractivity contribution in [2.45, 2.75) is 26.3 Å². The molecule has 20 heavy (non-hydrogen) atoms. The van der Waals surface area contributed by atoms with Gasteiger partial charge in [-0.05, 0) is 48.7 Å². The van der Waals surface area contributed by atoms with Crippen LogP contribution in [0.25, 0.3) is 0 Å². The molecule has 0 saturated heterocycles. The molecular weight excluding hydrogens is 258 g/mol. The molecule has 0 amide bonds. The van der Waals surface area contributed by atoms with Gasteiger partial charge in [0.1, 0.15) is 11.6 Å². The van der Waals surface area contributed by atoms with E-state index in [-0.39, 0.29) is 6.04 Å². The van der Waals surface area contributed by atoms with Gasteiger partial charge in [0.25, 0.3) is 0 Å². The second-order valence-corrected chi connectivity index (χ2v) is 4.78. The molecule has 1 heterocycles. The Labute approximate surface area is 117 Å². The largest absolute Gasteiger partial charge is 0.310 e. The second kappa shape index (κ2) is 6.57. The minimum Gasteiger partial charge on any atom is -0.310 e. The molecule has 0 radical (unpaired) electrons. The van der Waals surface area contributed by atoms with Crippen molar-refractivity contribution < 1.29 is 8.78 Å². The quantitative estimate of drug-likeness (QED) is 0.903. The summed E-state index contributed by atoms with van der Waals surface area (Å²) in [5.41, 5.74) is 2.65. The maximum Gasteiger partial charge on any atom is 0.129 e. The van der Waals surface area contributed by atoms with Crippen LogP contribution in [0, 0.1) is 18.6 Å². The van der Waals surface area contributed by atoms with Crippen LogP contribution in [0.3, 0.4) is 0 Å². The van der Waals surface area contributed by atoms with E-state index in [4.69, 9.17) is 0 Å². The molecular formula is C16H18F2N2. The first kappa shape index (κ1) is 14.6. The normalized spacial score (nSPS) is 12.4. The summed E-state index contributed by atoms with van der Waals surface area (Å²) in [7, 11) is 0. The molecule has 1 aromatic carbocycles. The predicted octanol–water partition coefficient (Wildman–Crippen LogP) is 3.56. The molecule has 1 N–H and O–H groups in total. The van der Waals surface area contributed by atoms with Crippen molar-refractivity contribution in [3.63, 3.8) is 0 Å². The third kappa shape index (κ3) is 3.39. The van der Waals surface area contributed by atoms with Gasteiger partial charge >= 0.3 is 0 Å². The standard InChI is InChI=1S/C16H18F2N2/c1-3-20-16(14-6-7-19-10-11(14)2)8-12-4-5-13(17)9-15(12)18/h4-7,9-10,16,20H,3,8H2,1-2H3. The van der Waals surface area contributed by atoms with E-state index in [2.05, 4.69) is 10.3 Å². The van der Waals surface area contributed by atoms with Gasteiger partial charge in [0, 0.05) is 24.5 Å². The Kier molecular flexibility index (Phi) is 4.79. The lowest BCUT2D eigenvalue weighted by Gasteiger charge is -2.20. The van der Waals surface area contributed by atoms with E-state index < -0.39 is 11.6 Å². The third-order valence-electron chi connectivity index (χ3n) is 3.33. The van der Waals surface area contributed by atoms with Crippen LogP contribution in [-0.4, -0.2) is 11.5 Å². The lowest BCUT2D eigenvalue weighted by molar-refractivity contribution is 0.519. The van der Waals surface area contributed by atoms with Gasteiger partial charge in [0.15, 0.2) is 0 Å². The molecule has 2 aromatic rings. The summed E-state index contributed by atoms with van der Waals surface area (Å²) in [5, 5.41) is 3.34. The van der Waals surface area contributed by atoms with Gasteiger partial charge < -0.3 is 5.32 Å². The van der Waals surface area contributed by atoms with Gasteiger partial charge in [-0.25, -0.2) is 8.78 Å². The van der Waals surface area contributed by atoms with E-state index in [1.165, 1.54) is 12.1 Å². The van der Waals surface area contributed by atoms with E-state index >= 15 is 0 Å². The average Bonchev–Trinajstić information content (AvgIpc) is 2.42. The highest BCUT2D eigenvalue weighted by Crippen LogP contribution is 2.22. The van der Waals surface area contributed by atoms with E-state index in [0.29, 0.717) is 12.0 Å². The fourth-order valence-electron chi connectivity index (χ4n) is 2.32. The molecule has 0 aliphatic carbocycles. The molecule has 0 saturated carbocycles. The highest BCUT2D eigenvalue weighted by molar-refractivity contribution is 5.28.